The van der Waals surface area contributed by atoms with E-state index in [1.807, 2.05) is 0 Å². The van der Waals surface area contributed by atoms with Gasteiger partial charge in [-0.3, -0.25) is 9.59 Å². The maximum absolute atomic E-state index is 11.3. The summed E-state index contributed by atoms with van der Waals surface area (Å²) in [5.74, 6) is -6.02. The zero-order chi connectivity index (χ0) is 16.7. The second-order valence-electron chi connectivity index (χ2n) is 3.23. The Morgan fingerprint density at radius 2 is 0.952 bits per heavy atom. The van der Waals surface area contributed by atoms with E-state index in [2.05, 4.69) is 0 Å². The quantitative estimate of drug-likeness (QED) is 0.313. The molecule has 0 saturated heterocycles. The van der Waals surface area contributed by atoms with Crippen molar-refractivity contribution in [3.8, 4) is 0 Å². The summed E-state index contributed by atoms with van der Waals surface area (Å²) in [5, 5.41) is 19.7. The van der Waals surface area contributed by atoms with Crippen LogP contribution >= 0.6 is 0 Å². The molecule has 0 saturated carbocycles. The molecule has 21 heavy (non-hydrogen) atoms. The first-order valence-electron chi connectivity index (χ1n) is 4.61. The summed E-state index contributed by atoms with van der Waals surface area (Å²) in [4.78, 5) is 19.8. The van der Waals surface area contributed by atoms with E-state index in [1.165, 1.54) is 0 Å². The molecule has 0 unspecified atom stereocenters. The Morgan fingerprint density at radius 1 is 0.762 bits per heavy atom. The van der Waals surface area contributed by atoms with Gasteiger partial charge in [0.25, 0.3) is 0 Å². The molecular weight excluding hydrogens is 357 g/mol. The Morgan fingerprint density at radius 3 is 1.00 bits per heavy atom. The van der Waals surface area contributed by atoms with Crippen LogP contribution in [0.3, 0.4) is 0 Å². The largest absolute Gasteiger partial charge is 2.00 e. The topological polar surface area (TPSA) is 80.3 Å². The van der Waals surface area contributed by atoms with Crippen LogP contribution in [0.4, 0.5) is 26.3 Å². The number of hydrogen-bond acceptors (Lipinski definition) is 4. The van der Waals surface area contributed by atoms with Crippen LogP contribution in [0.2, 0.25) is 0 Å². The van der Waals surface area contributed by atoms with E-state index in [4.69, 9.17) is 0 Å². The summed E-state index contributed by atoms with van der Waals surface area (Å²) in [6.07, 6.45) is -9.82. The molecule has 0 aliphatic carbocycles. The van der Waals surface area contributed by atoms with Crippen LogP contribution in [0.5, 0.6) is 0 Å². The Balaban J connectivity index is -0.000000295. The van der Waals surface area contributed by atoms with Gasteiger partial charge in [-0.25, -0.2) is 0 Å². The summed E-state index contributed by atoms with van der Waals surface area (Å²) in [6.45, 7) is 1.76. The maximum Gasteiger partial charge on any atom is 2.00 e. The molecule has 0 atom stereocenters. The second kappa shape index (κ2) is 9.43. The second-order valence-corrected chi connectivity index (χ2v) is 3.23. The Labute approximate surface area is 125 Å². The molecule has 0 fully saturated rings. The molecule has 0 aromatic heterocycles. The first-order valence-corrected chi connectivity index (χ1v) is 4.61. The van der Waals surface area contributed by atoms with Gasteiger partial charge in [-0.05, 0) is 37.5 Å². The zero-order valence-electron chi connectivity index (χ0n) is 10.4. The van der Waals surface area contributed by atoms with Gasteiger partial charge in [0.05, 0.1) is 0 Å². The van der Waals surface area contributed by atoms with Crippen LogP contribution in [0.15, 0.2) is 23.7 Å². The Kier molecular flexibility index (Phi) is 11.0. The number of carbonyl (C=O) groups is 2. The molecule has 0 spiro atoms. The molecule has 0 aromatic rings. The fourth-order valence-corrected chi connectivity index (χ4v) is 0.533. The van der Waals surface area contributed by atoms with E-state index in [1.54, 1.807) is 0 Å². The van der Waals surface area contributed by atoms with Crippen molar-refractivity contribution in [3.63, 3.8) is 0 Å². The zero-order valence-corrected chi connectivity index (χ0v) is 11.4. The third kappa shape index (κ3) is 14.7. The van der Waals surface area contributed by atoms with Crippen molar-refractivity contribution in [2.24, 2.45) is 0 Å². The molecule has 4 nitrogen and oxygen atoms in total. The van der Waals surface area contributed by atoms with Crippen LogP contribution in [0, 0.1) is 0 Å². The van der Waals surface area contributed by atoms with Crippen LogP contribution in [0.1, 0.15) is 13.8 Å². The number of allylic oxidation sites excluding steroid dienone is 4. The normalized spacial score (nSPS) is 12.8. The third-order valence-electron chi connectivity index (χ3n) is 1.23. The first-order chi connectivity index (χ1) is 8.67. The number of alkyl halides is 6. The molecule has 0 N–H and O–H groups in total. The van der Waals surface area contributed by atoms with Gasteiger partial charge < -0.3 is 10.2 Å². The average Bonchev–Trinajstić information content (AvgIpc) is 2.13. The van der Waals surface area contributed by atoms with E-state index >= 15 is 0 Å². The van der Waals surface area contributed by atoms with Gasteiger partial charge in [0.1, 0.15) is 0 Å². The van der Waals surface area contributed by atoms with Gasteiger partial charge in [0, 0.05) is 0 Å². The van der Waals surface area contributed by atoms with Gasteiger partial charge in [0.2, 0.25) is 0 Å². The Hall–Kier alpha value is -1.51. The molecule has 0 aliphatic heterocycles. The van der Waals surface area contributed by atoms with Gasteiger partial charge in [-0.1, -0.05) is 0 Å². The molecule has 0 radical (unpaired) electrons. The molecule has 0 rings (SSSR count). The van der Waals surface area contributed by atoms with Crippen molar-refractivity contribution >= 4 is 11.6 Å². The number of ketones is 2. The van der Waals surface area contributed by atoms with Crippen LogP contribution in [0.25, 0.3) is 0 Å². The van der Waals surface area contributed by atoms with E-state index in [0.717, 1.165) is 13.8 Å². The minimum Gasteiger partial charge on any atom is -0.869 e. The predicted octanol–water partition coefficient (Wildman–Crippen LogP) is 0.761. The van der Waals surface area contributed by atoms with Gasteiger partial charge in [-0.15, -0.1) is 0 Å². The summed E-state index contributed by atoms with van der Waals surface area (Å²) in [7, 11) is 0. The molecule has 0 aromatic carbocycles. The minimum atomic E-state index is -4.92. The van der Waals surface area contributed by atoms with E-state index < -0.39 is 35.4 Å². The van der Waals surface area contributed by atoms with Crippen molar-refractivity contribution in [2.75, 3.05) is 0 Å². The summed E-state index contributed by atoms with van der Waals surface area (Å²) >= 11 is 0. The van der Waals surface area contributed by atoms with Crippen molar-refractivity contribution in [2.45, 2.75) is 26.2 Å². The SMILES string of the molecule is CC(=O)C=C([O-])C(F)(F)F.CC(=O)C=C([O-])C(F)(F)F.[Ni+2]. The van der Waals surface area contributed by atoms with Crippen LogP contribution < -0.4 is 10.2 Å². The number of halogens is 6. The van der Waals surface area contributed by atoms with Gasteiger partial charge in [-0.2, -0.15) is 26.3 Å². The van der Waals surface area contributed by atoms with Gasteiger partial charge >= 0.3 is 28.8 Å². The van der Waals surface area contributed by atoms with Crippen molar-refractivity contribution in [1.82, 2.24) is 0 Å². The molecule has 11 heteroatoms. The van der Waals surface area contributed by atoms with Crippen LogP contribution in [-0.2, 0) is 26.1 Å². The smallest absolute Gasteiger partial charge is 0.869 e. The fourth-order valence-electron chi connectivity index (χ4n) is 0.533. The van der Waals surface area contributed by atoms with Crippen molar-refractivity contribution in [3.05, 3.63) is 23.7 Å². The number of rotatable bonds is 2. The van der Waals surface area contributed by atoms with Gasteiger partial charge in [0.15, 0.2) is 11.6 Å². The monoisotopic (exact) mass is 364 g/mol. The van der Waals surface area contributed by atoms with Crippen molar-refractivity contribution < 1.29 is 62.6 Å². The first kappa shape index (κ1) is 24.5. The average molecular weight is 365 g/mol. The summed E-state index contributed by atoms with van der Waals surface area (Å²) < 4.78 is 67.7. The predicted molar refractivity (Wildman–Crippen MR) is 49.6 cm³/mol. The standard InChI is InChI=1S/2C5H5F3O2.Ni/c2*1-3(9)2-4(10)5(6,7)8;/h2*2,10H,1H3;/q;;+2/p-2. The van der Waals surface area contributed by atoms with Crippen LogP contribution in [-0.4, -0.2) is 23.9 Å². The molecule has 124 valence electrons. The van der Waals surface area contributed by atoms with Crippen molar-refractivity contribution in [1.29, 1.82) is 0 Å². The molecule has 0 aliphatic rings. The maximum atomic E-state index is 11.3. The van der Waals surface area contributed by atoms with E-state index in [-0.39, 0.29) is 28.6 Å². The fraction of sp³-hybridized carbons (Fsp3) is 0.400. The number of carbonyl (C=O) groups excluding carboxylic acids is 2. The molecule has 0 amide bonds. The number of hydrogen-bond donors (Lipinski definition) is 0. The third-order valence-corrected chi connectivity index (χ3v) is 1.23. The van der Waals surface area contributed by atoms with E-state index in [0.29, 0.717) is 0 Å². The summed E-state index contributed by atoms with van der Waals surface area (Å²) in [6, 6.07) is 0. The Bertz CT molecular complexity index is 382. The van der Waals surface area contributed by atoms with E-state index in [9.17, 15) is 46.1 Å². The molecule has 0 heterocycles. The minimum absolute atomic E-state index is 0. The summed E-state index contributed by atoms with van der Waals surface area (Å²) in [5.41, 5.74) is 0. The molecule has 0 bridgehead atoms. The molecular formula is C10H8F6NiO4.